The van der Waals surface area contributed by atoms with Crippen molar-refractivity contribution >= 4 is 22.7 Å². The zero-order valence-corrected chi connectivity index (χ0v) is 16.2. The quantitative estimate of drug-likeness (QED) is 0.523. The number of nitrogens with one attached hydrogen (secondary N) is 1. The monoisotopic (exact) mass is 379 g/mol. The van der Waals surface area contributed by atoms with Gasteiger partial charge in [0.05, 0.1) is 21.8 Å². The van der Waals surface area contributed by atoms with Crippen LogP contribution in [0.4, 0.5) is 0 Å². The number of fused-ring (bicyclic) bond motifs is 2. The number of aliphatic hydroxyl groups is 3. The second-order valence-electron chi connectivity index (χ2n) is 7.41. The lowest BCUT2D eigenvalue weighted by Crippen LogP contribution is -2.64. The molecule has 0 radical (unpaired) electrons. The van der Waals surface area contributed by atoms with Gasteiger partial charge in [-0.2, -0.15) is 0 Å². The number of hydrogen-bond acceptors (Lipinski definition) is 6. The lowest BCUT2D eigenvalue weighted by molar-refractivity contribution is -0.205. The van der Waals surface area contributed by atoms with Crippen molar-refractivity contribution in [1.29, 1.82) is 0 Å². The highest BCUT2D eigenvalue weighted by molar-refractivity contribution is 7.99. The van der Waals surface area contributed by atoms with E-state index >= 15 is 0 Å². The Morgan fingerprint density at radius 3 is 2.50 bits per heavy atom. The number of aliphatic hydroxyl groups excluding tert-OH is 3. The van der Waals surface area contributed by atoms with Crippen LogP contribution in [-0.4, -0.2) is 65.9 Å². The largest absolute Gasteiger partial charge is 0.388 e. The van der Waals surface area contributed by atoms with E-state index in [1.54, 1.807) is 0 Å². The molecule has 0 amide bonds. The van der Waals surface area contributed by atoms with Gasteiger partial charge < -0.3 is 20.1 Å². The Kier molecular flexibility index (Phi) is 6.92. The highest BCUT2D eigenvalue weighted by Crippen LogP contribution is 2.33. The molecule has 2 aliphatic rings. The molecular formula is C16H29NO5S2. The molecule has 0 aromatic heterocycles. The van der Waals surface area contributed by atoms with Crippen LogP contribution >= 0.6 is 11.8 Å². The van der Waals surface area contributed by atoms with Gasteiger partial charge in [-0.1, -0.05) is 19.1 Å². The molecule has 8 heteroatoms. The van der Waals surface area contributed by atoms with Crippen molar-refractivity contribution in [3.63, 3.8) is 0 Å². The lowest BCUT2D eigenvalue weighted by atomic mass is 9.88. The van der Waals surface area contributed by atoms with Crippen LogP contribution in [0.3, 0.4) is 0 Å². The summed E-state index contributed by atoms with van der Waals surface area (Å²) in [6.45, 7) is 7.57. The molecule has 140 valence electrons. The van der Waals surface area contributed by atoms with Crippen molar-refractivity contribution in [2.45, 2.75) is 74.8 Å². The predicted molar refractivity (Wildman–Crippen MR) is 96.9 cm³/mol. The van der Waals surface area contributed by atoms with E-state index in [0.717, 1.165) is 12.2 Å². The summed E-state index contributed by atoms with van der Waals surface area (Å²) in [6.07, 6.45) is 0.457. The Balaban J connectivity index is 2.31. The minimum absolute atomic E-state index is 0.0536. The van der Waals surface area contributed by atoms with E-state index in [-0.39, 0.29) is 5.92 Å². The fraction of sp³-hybridized carbons (Fsp3) is 0.875. The first kappa shape index (κ1) is 20.4. The highest BCUT2D eigenvalue weighted by atomic mass is 32.2. The van der Waals surface area contributed by atoms with Crippen LogP contribution in [0.1, 0.15) is 34.1 Å². The van der Waals surface area contributed by atoms with Crippen LogP contribution in [0.2, 0.25) is 0 Å². The van der Waals surface area contributed by atoms with Crippen LogP contribution in [0.15, 0.2) is 12.2 Å². The molecule has 2 bridgehead atoms. The third-order valence-corrected chi connectivity index (χ3v) is 7.12. The summed E-state index contributed by atoms with van der Waals surface area (Å²) < 4.78 is 21.1. The van der Waals surface area contributed by atoms with Crippen LogP contribution < -0.4 is 4.72 Å². The van der Waals surface area contributed by atoms with E-state index in [9.17, 15) is 19.5 Å². The summed E-state index contributed by atoms with van der Waals surface area (Å²) in [7, 11) is -1.35. The van der Waals surface area contributed by atoms with Crippen molar-refractivity contribution < 1.29 is 24.3 Å². The standard InChI is InChI=1S/C16H29NO5S2/c1-9-7-5-6-8-23-15-13(20)11(18)12(19)14(22-15)10(9)17-24(21)16(2,3)4/h5,7,9-15,17-20H,6,8H2,1-4H3/b7-5-/t9-,10-,11+,12-,13-,14-,15-,24-/m1/s1. The summed E-state index contributed by atoms with van der Waals surface area (Å²) in [6, 6.07) is -0.445. The summed E-state index contributed by atoms with van der Waals surface area (Å²) in [5, 5.41) is 30.8. The molecule has 8 atom stereocenters. The second kappa shape index (κ2) is 8.16. The van der Waals surface area contributed by atoms with Gasteiger partial charge in [-0.25, -0.2) is 8.93 Å². The lowest BCUT2D eigenvalue weighted by Gasteiger charge is -2.45. The Bertz CT molecular complexity index is 482. The maximum absolute atomic E-state index is 12.6. The molecule has 0 aromatic rings. The molecule has 0 aliphatic carbocycles. The molecule has 0 unspecified atom stereocenters. The molecule has 0 saturated carbocycles. The Morgan fingerprint density at radius 2 is 1.88 bits per heavy atom. The van der Waals surface area contributed by atoms with E-state index in [1.807, 2.05) is 33.8 Å². The zero-order chi connectivity index (χ0) is 18.1. The molecule has 2 aliphatic heterocycles. The summed E-state index contributed by atoms with van der Waals surface area (Å²) in [4.78, 5) is 0. The first-order valence-electron chi connectivity index (χ1n) is 8.29. The topological polar surface area (TPSA) is 99.0 Å². The fourth-order valence-corrected chi connectivity index (χ4v) is 4.78. The van der Waals surface area contributed by atoms with Gasteiger partial charge in [-0.15, -0.1) is 11.8 Å². The smallest absolute Gasteiger partial charge is 0.132 e. The van der Waals surface area contributed by atoms with E-state index in [1.165, 1.54) is 11.8 Å². The van der Waals surface area contributed by atoms with Gasteiger partial charge in [-0.05, 0) is 38.9 Å². The molecule has 24 heavy (non-hydrogen) atoms. The van der Waals surface area contributed by atoms with Gasteiger partial charge in [0.2, 0.25) is 0 Å². The normalized spacial score (nSPS) is 43.9. The van der Waals surface area contributed by atoms with E-state index in [0.29, 0.717) is 0 Å². The van der Waals surface area contributed by atoms with Gasteiger partial charge in [-0.3, -0.25) is 0 Å². The third-order valence-electron chi connectivity index (χ3n) is 4.33. The zero-order valence-electron chi connectivity index (χ0n) is 14.6. The van der Waals surface area contributed by atoms with Crippen LogP contribution in [-0.2, 0) is 15.7 Å². The second-order valence-corrected chi connectivity index (χ2v) is 10.6. The molecule has 6 nitrogen and oxygen atoms in total. The molecular weight excluding hydrogens is 350 g/mol. The van der Waals surface area contributed by atoms with E-state index in [2.05, 4.69) is 10.8 Å². The Morgan fingerprint density at radius 1 is 1.21 bits per heavy atom. The molecule has 1 saturated heterocycles. The number of allylic oxidation sites excluding steroid dienone is 1. The van der Waals surface area contributed by atoms with Gasteiger partial charge in [0.1, 0.15) is 29.9 Å². The number of thioether (sulfide) groups is 1. The molecule has 0 aromatic carbocycles. The molecule has 2 heterocycles. The van der Waals surface area contributed by atoms with Crippen molar-refractivity contribution in [1.82, 2.24) is 4.72 Å². The van der Waals surface area contributed by atoms with E-state index < -0.39 is 51.6 Å². The number of ether oxygens (including phenoxy) is 1. The van der Waals surface area contributed by atoms with Crippen molar-refractivity contribution in [3.05, 3.63) is 12.2 Å². The van der Waals surface area contributed by atoms with E-state index in [4.69, 9.17) is 4.74 Å². The predicted octanol–water partition coefficient (Wildman–Crippen LogP) is 0.544. The van der Waals surface area contributed by atoms with Crippen LogP contribution in [0.5, 0.6) is 0 Å². The molecule has 0 spiro atoms. The number of rotatable bonds is 2. The Hall–Kier alpha value is 0.0400. The van der Waals surface area contributed by atoms with Gasteiger partial charge in [0, 0.05) is 0 Å². The maximum atomic E-state index is 12.6. The summed E-state index contributed by atoms with van der Waals surface area (Å²) in [5.41, 5.74) is -0.612. The first-order chi connectivity index (χ1) is 11.1. The average molecular weight is 380 g/mol. The van der Waals surface area contributed by atoms with Crippen LogP contribution in [0, 0.1) is 5.92 Å². The van der Waals surface area contributed by atoms with Crippen molar-refractivity contribution in [3.8, 4) is 0 Å². The average Bonchev–Trinajstić information content (AvgIpc) is 2.50. The fourth-order valence-electron chi connectivity index (χ4n) is 2.76. The third kappa shape index (κ3) is 4.60. The Labute approximate surface area is 150 Å². The molecule has 1 fully saturated rings. The maximum Gasteiger partial charge on any atom is 0.132 e. The van der Waals surface area contributed by atoms with Gasteiger partial charge in [0.15, 0.2) is 0 Å². The first-order valence-corrected chi connectivity index (χ1v) is 10.5. The number of hydrogen-bond donors (Lipinski definition) is 4. The minimum Gasteiger partial charge on any atom is -0.388 e. The molecule has 4 N–H and O–H groups in total. The highest BCUT2D eigenvalue weighted by Gasteiger charge is 2.48. The van der Waals surface area contributed by atoms with Gasteiger partial charge in [0.25, 0.3) is 0 Å². The SMILES string of the molecule is C[C@@H]1/C=C\CCS[C@H]2O[C@@H]([C@H](O)[C@H](O)[C@H]2O)[C@@H]1N[S@](=O)C(C)(C)C. The van der Waals surface area contributed by atoms with Crippen molar-refractivity contribution in [2.24, 2.45) is 5.92 Å². The summed E-state index contributed by atoms with van der Waals surface area (Å²) in [5.74, 6) is 0.703. The van der Waals surface area contributed by atoms with Crippen molar-refractivity contribution in [2.75, 3.05) is 5.75 Å². The molecule has 2 rings (SSSR count). The minimum atomic E-state index is -1.35. The van der Waals surface area contributed by atoms with Gasteiger partial charge >= 0.3 is 0 Å². The van der Waals surface area contributed by atoms with Crippen LogP contribution in [0.25, 0.3) is 0 Å². The summed E-state index contributed by atoms with van der Waals surface area (Å²) >= 11 is 1.42.